The second-order valence-electron chi connectivity index (χ2n) is 8.26. The number of fused-ring (bicyclic) bond motifs is 1. The Hall–Kier alpha value is -3.82. The highest BCUT2D eigenvalue weighted by atomic mass is 32.1. The zero-order valence-electron chi connectivity index (χ0n) is 19.4. The van der Waals surface area contributed by atoms with E-state index < -0.39 is 11.4 Å². The van der Waals surface area contributed by atoms with E-state index in [0.717, 1.165) is 22.4 Å². The van der Waals surface area contributed by atoms with E-state index in [4.69, 9.17) is 17.0 Å². The van der Waals surface area contributed by atoms with Crippen LogP contribution in [-0.4, -0.2) is 47.6 Å². The first-order valence-corrected chi connectivity index (χ1v) is 11.4. The van der Waals surface area contributed by atoms with Gasteiger partial charge >= 0.3 is 0 Å². The van der Waals surface area contributed by atoms with Gasteiger partial charge in [-0.15, -0.1) is 0 Å². The third kappa shape index (κ3) is 5.64. The molecule has 1 amide bonds. The Bertz CT molecular complexity index is 1500. The summed E-state index contributed by atoms with van der Waals surface area (Å²) in [6.07, 6.45) is 0. The first kappa shape index (κ1) is 24.3. The van der Waals surface area contributed by atoms with Crippen molar-refractivity contribution in [3.8, 4) is 11.4 Å². The smallest absolute Gasteiger partial charge is 0.266 e. The van der Waals surface area contributed by atoms with Crippen LogP contribution in [0.2, 0.25) is 0 Å². The fourth-order valence-corrected chi connectivity index (χ4v) is 3.88. The lowest BCUT2D eigenvalue weighted by Crippen LogP contribution is -2.24. The maximum Gasteiger partial charge on any atom is 0.266 e. The zero-order chi connectivity index (χ0) is 24.9. The Morgan fingerprint density at radius 1 is 1.11 bits per heavy atom. The van der Waals surface area contributed by atoms with Crippen molar-refractivity contribution in [2.24, 2.45) is 0 Å². The van der Waals surface area contributed by atoms with Crippen molar-refractivity contribution in [3.63, 3.8) is 0 Å². The van der Waals surface area contributed by atoms with Crippen molar-refractivity contribution in [3.05, 3.63) is 98.8 Å². The molecule has 0 aliphatic heterocycles. The predicted molar refractivity (Wildman–Crippen MR) is 136 cm³/mol. The van der Waals surface area contributed by atoms with Gasteiger partial charge in [0.25, 0.3) is 11.5 Å². The van der Waals surface area contributed by atoms with Crippen LogP contribution >= 0.6 is 12.2 Å². The number of ether oxygens (including phenoxy) is 1. The van der Waals surface area contributed by atoms with Gasteiger partial charge in [0.15, 0.2) is 4.77 Å². The molecule has 0 saturated carbocycles. The lowest BCUT2D eigenvalue weighted by Gasteiger charge is -2.12. The summed E-state index contributed by atoms with van der Waals surface area (Å²) in [6, 6.07) is 18.1. The van der Waals surface area contributed by atoms with Gasteiger partial charge in [-0.1, -0.05) is 24.3 Å². The number of benzene rings is 3. The predicted octanol–water partition coefficient (Wildman–Crippen LogP) is 4.06. The summed E-state index contributed by atoms with van der Waals surface area (Å²) in [6.45, 7) is 1.68. The molecule has 7 nitrogen and oxygen atoms in total. The third-order valence-corrected chi connectivity index (χ3v) is 5.70. The molecule has 3 aromatic carbocycles. The Labute approximate surface area is 206 Å². The van der Waals surface area contributed by atoms with Crippen LogP contribution < -0.4 is 15.6 Å². The summed E-state index contributed by atoms with van der Waals surface area (Å²) in [7, 11) is 3.96. The van der Waals surface area contributed by atoms with E-state index in [9.17, 15) is 14.0 Å². The maximum absolute atomic E-state index is 14.3. The van der Waals surface area contributed by atoms with E-state index in [1.54, 1.807) is 18.2 Å². The number of para-hydroxylation sites is 1. The van der Waals surface area contributed by atoms with Gasteiger partial charge in [-0.3, -0.25) is 9.59 Å². The SMILES string of the molecule is CN(C)CCOc1cccc(CNC(=O)c2ccc3c(=O)n(-c4ccccc4F)c(=S)[nH]c3c2)c1. The van der Waals surface area contributed by atoms with E-state index in [-0.39, 0.29) is 16.4 Å². The molecular formula is C26H25FN4O3S. The van der Waals surface area contributed by atoms with Gasteiger partial charge in [-0.05, 0) is 74.3 Å². The van der Waals surface area contributed by atoms with E-state index in [0.29, 0.717) is 29.6 Å². The number of hydrogen-bond acceptors (Lipinski definition) is 5. The van der Waals surface area contributed by atoms with Gasteiger partial charge in [0.05, 0.1) is 16.6 Å². The largest absolute Gasteiger partial charge is 0.492 e. The summed E-state index contributed by atoms with van der Waals surface area (Å²) in [5, 5.41) is 3.17. The lowest BCUT2D eigenvalue weighted by atomic mass is 10.1. The first-order chi connectivity index (χ1) is 16.8. The molecule has 0 aliphatic rings. The molecule has 2 N–H and O–H groups in total. The van der Waals surface area contributed by atoms with Crippen LogP contribution in [0.4, 0.5) is 4.39 Å². The number of carbonyl (C=O) groups excluding carboxylic acids is 1. The Morgan fingerprint density at radius 3 is 2.69 bits per heavy atom. The average molecular weight is 493 g/mol. The number of hydrogen-bond donors (Lipinski definition) is 2. The van der Waals surface area contributed by atoms with Crippen molar-refractivity contribution in [2.75, 3.05) is 27.2 Å². The Morgan fingerprint density at radius 2 is 1.91 bits per heavy atom. The van der Waals surface area contributed by atoms with Crippen LogP contribution in [-0.2, 0) is 6.54 Å². The maximum atomic E-state index is 14.3. The van der Waals surface area contributed by atoms with Gasteiger partial charge in [-0.2, -0.15) is 0 Å². The van der Waals surface area contributed by atoms with Crippen LogP contribution in [0.1, 0.15) is 15.9 Å². The van der Waals surface area contributed by atoms with Crippen LogP contribution in [0.3, 0.4) is 0 Å². The molecule has 0 atom stereocenters. The molecule has 0 radical (unpaired) electrons. The van der Waals surface area contributed by atoms with E-state index >= 15 is 0 Å². The minimum absolute atomic E-state index is 0.0382. The molecule has 0 bridgehead atoms. The highest BCUT2D eigenvalue weighted by Gasteiger charge is 2.13. The number of nitrogens with one attached hydrogen (secondary N) is 2. The topological polar surface area (TPSA) is 79.4 Å². The number of aromatic amines is 1. The molecule has 1 aromatic heterocycles. The highest BCUT2D eigenvalue weighted by Crippen LogP contribution is 2.16. The number of likely N-dealkylation sites (N-methyl/N-ethyl adjacent to an activating group) is 1. The molecule has 0 spiro atoms. The van der Waals surface area contributed by atoms with Crippen molar-refractivity contribution in [1.29, 1.82) is 0 Å². The highest BCUT2D eigenvalue weighted by molar-refractivity contribution is 7.71. The van der Waals surface area contributed by atoms with E-state index in [1.165, 1.54) is 24.3 Å². The van der Waals surface area contributed by atoms with Crippen LogP contribution in [0.25, 0.3) is 16.6 Å². The quantitative estimate of drug-likeness (QED) is 0.363. The molecule has 4 aromatic rings. The van der Waals surface area contributed by atoms with Crippen LogP contribution in [0, 0.1) is 10.6 Å². The molecule has 0 fully saturated rings. The molecule has 1 heterocycles. The third-order valence-electron chi connectivity index (χ3n) is 5.41. The number of amides is 1. The first-order valence-electron chi connectivity index (χ1n) is 11.0. The summed E-state index contributed by atoms with van der Waals surface area (Å²) in [4.78, 5) is 30.8. The Balaban J connectivity index is 1.51. The number of halogens is 1. The molecule has 9 heteroatoms. The van der Waals surface area contributed by atoms with Crippen molar-refractivity contribution in [1.82, 2.24) is 19.8 Å². The molecule has 35 heavy (non-hydrogen) atoms. The van der Waals surface area contributed by atoms with Gasteiger partial charge in [0.2, 0.25) is 0 Å². The minimum Gasteiger partial charge on any atom is -0.492 e. The molecule has 0 saturated heterocycles. The van der Waals surface area contributed by atoms with Crippen molar-refractivity contribution in [2.45, 2.75) is 6.54 Å². The lowest BCUT2D eigenvalue weighted by molar-refractivity contribution is 0.0951. The normalized spacial score (nSPS) is 11.1. The molecule has 180 valence electrons. The zero-order valence-corrected chi connectivity index (χ0v) is 20.2. The van der Waals surface area contributed by atoms with E-state index in [1.807, 2.05) is 43.3 Å². The second-order valence-corrected chi connectivity index (χ2v) is 8.65. The molecular weight excluding hydrogens is 467 g/mol. The van der Waals surface area contributed by atoms with Gasteiger partial charge in [0, 0.05) is 18.7 Å². The monoisotopic (exact) mass is 492 g/mol. The summed E-state index contributed by atoms with van der Waals surface area (Å²) in [5.41, 5.74) is 1.26. The van der Waals surface area contributed by atoms with Crippen molar-refractivity contribution < 1.29 is 13.9 Å². The van der Waals surface area contributed by atoms with Crippen LogP contribution in [0.5, 0.6) is 5.75 Å². The summed E-state index contributed by atoms with van der Waals surface area (Å²) in [5.74, 6) is -0.122. The fraction of sp³-hybridized carbons (Fsp3) is 0.192. The van der Waals surface area contributed by atoms with Crippen LogP contribution in [0.15, 0.2) is 71.5 Å². The standard InChI is InChI=1S/C26H25FN4O3S/c1-30(2)12-13-34-19-7-5-6-17(14-19)16-28-24(32)18-10-11-20-22(15-18)29-26(35)31(25(20)33)23-9-4-3-8-21(23)27/h3-11,14-15H,12-13,16H2,1-2H3,(H,28,32)(H,29,35). The van der Waals surface area contributed by atoms with Gasteiger partial charge in [-0.25, -0.2) is 8.96 Å². The number of carbonyl (C=O) groups is 1. The number of H-pyrrole nitrogens is 1. The van der Waals surface area contributed by atoms with Crippen molar-refractivity contribution >= 4 is 29.0 Å². The number of nitrogens with zero attached hydrogens (tertiary/aromatic N) is 2. The molecule has 4 rings (SSSR count). The number of rotatable bonds is 8. The summed E-state index contributed by atoms with van der Waals surface area (Å²) >= 11 is 5.31. The average Bonchev–Trinajstić information content (AvgIpc) is 2.83. The Kier molecular flexibility index (Phi) is 7.38. The molecule has 0 aliphatic carbocycles. The fourth-order valence-electron chi connectivity index (χ4n) is 3.59. The number of aromatic nitrogens is 2. The summed E-state index contributed by atoms with van der Waals surface area (Å²) < 4.78 is 21.2. The van der Waals surface area contributed by atoms with Gasteiger partial charge in [0.1, 0.15) is 18.2 Å². The second kappa shape index (κ2) is 10.6. The van der Waals surface area contributed by atoms with Gasteiger partial charge < -0.3 is 19.9 Å². The minimum atomic E-state index is -0.559. The van der Waals surface area contributed by atoms with E-state index in [2.05, 4.69) is 10.3 Å². The molecule has 0 unspecified atom stereocenters.